The van der Waals surface area contributed by atoms with Crippen LogP contribution in [0.25, 0.3) is 0 Å². The van der Waals surface area contributed by atoms with Gasteiger partial charge in [-0.15, -0.1) is 0 Å². The average Bonchev–Trinajstić information content (AvgIpc) is 3.22. The summed E-state index contributed by atoms with van der Waals surface area (Å²) in [5, 5.41) is 105. The van der Waals surface area contributed by atoms with E-state index in [1.807, 2.05) is 6.92 Å². The molecule has 22 heteroatoms. The predicted molar refractivity (Wildman–Crippen MR) is 199 cm³/mol. The van der Waals surface area contributed by atoms with Crippen LogP contribution < -0.4 is 0 Å². The van der Waals surface area contributed by atoms with Crippen LogP contribution in [0.2, 0.25) is 0 Å². The first-order valence-electron chi connectivity index (χ1n) is 20.4. The van der Waals surface area contributed by atoms with Crippen LogP contribution in [0.5, 0.6) is 0 Å². The summed E-state index contributed by atoms with van der Waals surface area (Å²) in [6.07, 6.45) is -20.4. The summed E-state index contributed by atoms with van der Waals surface area (Å²) in [6.45, 7) is 3.25. The first kappa shape index (κ1) is 50.9. The van der Waals surface area contributed by atoms with Gasteiger partial charge in [-0.05, 0) is 20.3 Å². The number of esters is 2. The van der Waals surface area contributed by atoms with Gasteiger partial charge in [0.05, 0.1) is 95.6 Å². The molecule has 0 amide bonds. The van der Waals surface area contributed by atoms with Crippen molar-refractivity contribution in [3.63, 3.8) is 0 Å². The van der Waals surface area contributed by atoms with Gasteiger partial charge < -0.3 is 98.4 Å². The molecule has 10 N–H and O–H groups in total. The van der Waals surface area contributed by atoms with Crippen molar-refractivity contribution < 1.29 is 108 Å². The lowest BCUT2D eigenvalue weighted by Crippen LogP contribution is -2.62. The highest BCUT2D eigenvalue weighted by atomic mass is 16.6. The number of methoxy groups -OCH3 is 1. The highest BCUT2D eigenvalue weighted by Crippen LogP contribution is 2.32. The van der Waals surface area contributed by atoms with Gasteiger partial charge in [-0.25, -0.2) is 4.79 Å². The lowest BCUT2D eigenvalue weighted by molar-refractivity contribution is -0.260. The molecule has 0 spiro atoms. The van der Waals surface area contributed by atoms with E-state index in [4.69, 9.17) is 47.4 Å². The Morgan fingerprint density at radius 3 is 1.52 bits per heavy atom. The lowest BCUT2D eigenvalue weighted by Gasteiger charge is -2.44. The minimum Gasteiger partial charge on any atom is -0.463 e. The van der Waals surface area contributed by atoms with Gasteiger partial charge in [0, 0.05) is 31.8 Å². The van der Waals surface area contributed by atoms with Gasteiger partial charge in [0.1, 0.15) is 61.5 Å². The van der Waals surface area contributed by atoms with Crippen LogP contribution in [0, 0.1) is 17.8 Å². The van der Waals surface area contributed by atoms with Gasteiger partial charge >= 0.3 is 11.9 Å². The third-order valence-electron chi connectivity index (χ3n) is 11.9. The van der Waals surface area contributed by atoms with Gasteiger partial charge in [0.2, 0.25) is 0 Å². The molecule has 4 saturated heterocycles. The standard InChI is InChI=1S/C38H66O22/c1-6-23-32(46)29(43)19(16(2)56-23)9-52-13-26-34(48)31(45)21(24(8-40)58-26)11-54-12-25-33(47)30(44)20(17(3)57-25)10-53-14-28-36(60-38(50)22(42)7-39)37(51-5)35(49)27(59-28)15-55-18(4)41/h16-17,19-37,39-40,42-49H,6-15H2,1-5H3. The monoisotopic (exact) mass is 874 g/mol. The average molecular weight is 875 g/mol. The van der Waals surface area contributed by atoms with Gasteiger partial charge in [-0.1, -0.05) is 6.92 Å². The van der Waals surface area contributed by atoms with E-state index in [9.17, 15) is 60.7 Å². The smallest absolute Gasteiger partial charge is 0.337 e. The summed E-state index contributed by atoms with van der Waals surface area (Å²) in [6, 6.07) is 0. The molecule has 21 unspecified atom stereocenters. The molecular formula is C38H66O22. The zero-order chi connectivity index (χ0) is 44.4. The van der Waals surface area contributed by atoms with Gasteiger partial charge in [-0.2, -0.15) is 0 Å². The normalized spacial score (nSPS) is 43.0. The second kappa shape index (κ2) is 23.8. The maximum Gasteiger partial charge on any atom is 0.337 e. The van der Waals surface area contributed by atoms with Crippen LogP contribution in [0.15, 0.2) is 0 Å². The number of hydrogen-bond donors (Lipinski definition) is 10. The molecule has 0 bridgehead atoms. The zero-order valence-corrected chi connectivity index (χ0v) is 34.6. The van der Waals surface area contributed by atoms with Crippen LogP contribution >= 0.6 is 0 Å². The Kier molecular flexibility index (Phi) is 20.2. The molecular weight excluding hydrogens is 808 g/mol. The number of aliphatic hydroxyl groups excluding tert-OH is 10. The molecule has 21 atom stereocenters. The van der Waals surface area contributed by atoms with E-state index in [1.165, 1.54) is 7.11 Å². The third kappa shape index (κ3) is 12.5. The summed E-state index contributed by atoms with van der Waals surface area (Å²) in [4.78, 5) is 23.8. The molecule has 4 aliphatic heterocycles. The number of carbonyl (C=O) groups excluding carboxylic acids is 2. The van der Waals surface area contributed by atoms with Crippen molar-refractivity contribution in [2.75, 3.05) is 66.6 Å². The molecule has 0 aromatic rings. The van der Waals surface area contributed by atoms with Crippen LogP contribution in [-0.4, -0.2) is 239 Å². The minimum absolute atomic E-state index is 0.0283. The fourth-order valence-corrected chi connectivity index (χ4v) is 8.12. The molecule has 0 radical (unpaired) electrons. The van der Waals surface area contributed by atoms with Gasteiger partial charge in [0.25, 0.3) is 0 Å². The Bertz CT molecular complexity index is 1300. The van der Waals surface area contributed by atoms with Crippen molar-refractivity contribution in [2.24, 2.45) is 17.8 Å². The number of carbonyl (C=O) groups is 2. The molecule has 0 aromatic heterocycles. The summed E-state index contributed by atoms with van der Waals surface area (Å²) in [7, 11) is 1.23. The third-order valence-corrected chi connectivity index (χ3v) is 11.9. The van der Waals surface area contributed by atoms with Crippen LogP contribution in [0.1, 0.15) is 34.1 Å². The fourth-order valence-electron chi connectivity index (χ4n) is 8.12. The van der Waals surface area contributed by atoms with Crippen LogP contribution in [-0.2, 0) is 57.0 Å². The molecule has 4 rings (SSSR count). The van der Waals surface area contributed by atoms with E-state index in [-0.39, 0.29) is 46.2 Å². The summed E-state index contributed by atoms with van der Waals surface area (Å²) in [5.41, 5.74) is 0. The molecule has 4 heterocycles. The minimum atomic E-state index is -1.89. The molecule has 350 valence electrons. The SMILES string of the molecule is CCC1OC(C)C(COCC2OC(CO)C(COCC3OC(C)C(COCC4OC(COC(C)=O)C(O)C(OC)C4OC(=O)C(O)CO)C(O)C3O)C(O)C2O)C(O)C1O. The first-order valence-corrected chi connectivity index (χ1v) is 20.4. The molecule has 0 aliphatic carbocycles. The Balaban J connectivity index is 1.27. The Morgan fingerprint density at radius 2 is 1.02 bits per heavy atom. The van der Waals surface area contributed by atoms with E-state index in [0.717, 1.165) is 6.92 Å². The van der Waals surface area contributed by atoms with E-state index in [2.05, 4.69) is 0 Å². The maximum absolute atomic E-state index is 12.4. The second-order valence-corrected chi connectivity index (χ2v) is 15.9. The first-order chi connectivity index (χ1) is 28.5. The molecule has 22 nitrogen and oxygen atoms in total. The van der Waals surface area contributed by atoms with E-state index in [0.29, 0.717) is 6.42 Å². The van der Waals surface area contributed by atoms with Crippen molar-refractivity contribution in [1.29, 1.82) is 0 Å². The number of hydrogen-bond acceptors (Lipinski definition) is 22. The van der Waals surface area contributed by atoms with Crippen LogP contribution in [0.3, 0.4) is 0 Å². The largest absolute Gasteiger partial charge is 0.463 e. The quantitative estimate of drug-likeness (QED) is 0.0511. The topological polar surface area (TPSA) is 329 Å². The lowest BCUT2D eigenvalue weighted by atomic mass is 9.86. The molecule has 0 saturated carbocycles. The van der Waals surface area contributed by atoms with Gasteiger partial charge in [-0.3, -0.25) is 4.79 Å². The highest BCUT2D eigenvalue weighted by Gasteiger charge is 2.50. The Morgan fingerprint density at radius 1 is 0.567 bits per heavy atom. The van der Waals surface area contributed by atoms with Crippen molar-refractivity contribution in [3.05, 3.63) is 0 Å². The second-order valence-electron chi connectivity index (χ2n) is 15.9. The number of rotatable bonds is 20. The molecule has 0 aromatic carbocycles. The molecule has 4 fully saturated rings. The maximum atomic E-state index is 12.4. The Hall–Kier alpha value is -1.78. The highest BCUT2D eigenvalue weighted by molar-refractivity contribution is 5.74. The van der Waals surface area contributed by atoms with Crippen LogP contribution in [0.4, 0.5) is 0 Å². The fraction of sp³-hybridized carbons (Fsp3) is 0.947. The van der Waals surface area contributed by atoms with Crippen molar-refractivity contribution >= 4 is 11.9 Å². The van der Waals surface area contributed by atoms with Crippen molar-refractivity contribution in [3.8, 4) is 0 Å². The number of ether oxygens (including phenoxy) is 10. The van der Waals surface area contributed by atoms with Gasteiger partial charge in [0.15, 0.2) is 12.2 Å². The zero-order valence-electron chi connectivity index (χ0n) is 34.6. The predicted octanol–water partition coefficient (Wildman–Crippen LogP) is -5.23. The summed E-state index contributed by atoms with van der Waals surface area (Å²) < 4.78 is 56.6. The van der Waals surface area contributed by atoms with Crippen molar-refractivity contribution in [1.82, 2.24) is 0 Å². The van der Waals surface area contributed by atoms with E-state index in [1.54, 1.807) is 13.8 Å². The summed E-state index contributed by atoms with van der Waals surface area (Å²) >= 11 is 0. The molecule has 4 aliphatic rings. The van der Waals surface area contributed by atoms with E-state index < -0.39 is 153 Å². The molecule has 60 heavy (non-hydrogen) atoms. The van der Waals surface area contributed by atoms with E-state index >= 15 is 0 Å². The number of aliphatic hydroxyl groups is 10. The van der Waals surface area contributed by atoms with Crippen molar-refractivity contribution in [2.45, 2.75) is 144 Å². The Labute approximate surface area is 348 Å². The summed E-state index contributed by atoms with van der Waals surface area (Å²) in [5.74, 6) is -4.15.